The number of alkyl halides is 3. The Morgan fingerprint density at radius 3 is 2.56 bits per heavy atom. The fourth-order valence-electron chi connectivity index (χ4n) is 1.05. The minimum absolute atomic E-state index is 0.143. The predicted octanol–water partition coefficient (Wildman–Crippen LogP) is 2.42. The van der Waals surface area contributed by atoms with Crippen molar-refractivity contribution in [3.8, 4) is 11.8 Å². The fourth-order valence-corrected chi connectivity index (χ4v) is 1.05. The van der Waals surface area contributed by atoms with Gasteiger partial charge in [0.25, 0.3) is 0 Å². The monoisotopic (exact) mass is 231 g/mol. The molecule has 0 radical (unpaired) electrons. The van der Waals surface area contributed by atoms with E-state index in [1.807, 2.05) is 0 Å². The first-order valence-corrected chi connectivity index (χ1v) is 4.45. The van der Waals surface area contributed by atoms with Gasteiger partial charge in [-0.05, 0) is 25.2 Å². The smallest absolute Gasteiger partial charge is 0.309 e. The molecule has 0 heterocycles. The van der Waals surface area contributed by atoms with Crippen LogP contribution < -0.4 is 5.32 Å². The van der Waals surface area contributed by atoms with Gasteiger partial charge in [-0.3, -0.25) is 0 Å². The van der Waals surface area contributed by atoms with Gasteiger partial charge in [0.2, 0.25) is 0 Å². The average Bonchev–Trinajstić information content (AvgIpc) is 2.19. The molecule has 5 heteroatoms. The van der Waals surface area contributed by atoms with Crippen LogP contribution in [-0.2, 0) is 6.18 Å². The maximum atomic E-state index is 12.9. The van der Waals surface area contributed by atoms with Crippen molar-refractivity contribution >= 4 is 0 Å². The van der Waals surface area contributed by atoms with Crippen molar-refractivity contribution in [1.29, 1.82) is 0 Å². The molecule has 0 aliphatic heterocycles. The minimum atomic E-state index is -4.69. The van der Waals surface area contributed by atoms with Crippen molar-refractivity contribution in [2.24, 2.45) is 0 Å². The summed E-state index contributed by atoms with van der Waals surface area (Å²) in [6.45, 7) is 0.360. The van der Waals surface area contributed by atoms with Crippen LogP contribution >= 0.6 is 0 Å². The van der Waals surface area contributed by atoms with Gasteiger partial charge in [0.05, 0.1) is 12.1 Å². The third-order valence-corrected chi connectivity index (χ3v) is 1.77. The van der Waals surface area contributed by atoms with Crippen molar-refractivity contribution in [3.63, 3.8) is 0 Å². The molecular weight excluding hydrogens is 222 g/mol. The second-order valence-corrected chi connectivity index (χ2v) is 3.02. The molecule has 0 unspecified atom stereocenters. The largest absolute Gasteiger partial charge is 0.419 e. The third kappa shape index (κ3) is 3.24. The van der Waals surface area contributed by atoms with E-state index in [-0.39, 0.29) is 5.56 Å². The number of benzene rings is 1. The van der Waals surface area contributed by atoms with Crippen LogP contribution in [-0.4, -0.2) is 13.6 Å². The molecule has 1 N–H and O–H groups in total. The molecule has 1 rings (SSSR count). The molecule has 1 aromatic carbocycles. The highest BCUT2D eigenvalue weighted by atomic mass is 19.4. The highest BCUT2D eigenvalue weighted by Crippen LogP contribution is 2.31. The first-order chi connectivity index (χ1) is 7.45. The molecule has 0 fully saturated rings. The molecule has 16 heavy (non-hydrogen) atoms. The van der Waals surface area contributed by atoms with E-state index in [0.29, 0.717) is 12.6 Å². The molecular formula is C11H9F4N. The van der Waals surface area contributed by atoms with Gasteiger partial charge in [0.15, 0.2) is 0 Å². The zero-order valence-electron chi connectivity index (χ0n) is 8.45. The van der Waals surface area contributed by atoms with E-state index in [1.165, 1.54) is 6.07 Å². The Morgan fingerprint density at radius 1 is 1.31 bits per heavy atom. The van der Waals surface area contributed by atoms with Gasteiger partial charge >= 0.3 is 6.18 Å². The van der Waals surface area contributed by atoms with Crippen molar-refractivity contribution < 1.29 is 17.6 Å². The quantitative estimate of drug-likeness (QED) is 0.578. The Hall–Kier alpha value is -1.54. The molecule has 0 amide bonds. The molecule has 0 spiro atoms. The highest BCUT2D eigenvalue weighted by Gasteiger charge is 2.34. The van der Waals surface area contributed by atoms with Crippen molar-refractivity contribution in [1.82, 2.24) is 5.32 Å². The standard InChI is InChI=1S/C11H9F4N/c1-16-6-2-3-8-4-5-10(12)9(7-8)11(13,14)15/h4-5,7,16H,6H2,1H3. The van der Waals surface area contributed by atoms with Gasteiger partial charge < -0.3 is 5.32 Å². The molecule has 0 atom stereocenters. The molecule has 86 valence electrons. The van der Waals surface area contributed by atoms with E-state index < -0.39 is 17.6 Å². The van der Waals surface area contributed by atoms with Gasteiger partial charge in [-0.2, -0.15) is 13.2 Å². The Balaban J connectivity index is 3.05. The van der Waals surface area contributed by atoms with Crippen LogP contribution in [0.3, 0.4) is 0 Å². The van der Waals surface area contributed by atoms with E-state index in [0.717, 1.165) is 6.07 Å². The van der Waals surface area contributed by atoms with E-state index in [9.17, 15) is 17.6 Å². The number of nitrogens with one attached hydrogen (secondary N) is 1. The summed E-state index contributed by atoms with van der Waals surface area (Å²) in [7, 11) is 1.67. The second kappa shape index (κ2) is 4.99. The van der Waals surface area contributed by atoms with Gasteiger partial charge in [0, 0.05) is 5.56 Å². The maximum absolute atomic E-state index is 12.9. The van der Waals surface area contributed by atoms with Crippen molar-refractivity contribution in [2.45, 2.75) is 6.18 Å². The van der Waals surface area contributed by atoms with E-state index in [2.05, 4.69) is 17.2 Å². The lowest BCUT2D eigenvalue weighted by Gasteiger charge is -2.07. The number of hydrogen-bond acceptors (Lipinski definition) is 1. The maximum Gasteiger partial charge on any atom is 0.419 e. The molecule has 0 aliphatic rings. The summed E-state index contributed by atoms with van der Waals surface area (Å²) in [6, 6.07) is 2.69. The van der Waals surface area contributed by atoms with Crippen molar-refractivity contribution in [2.75, 3.05) is 13.6 Å². The number of rotatable bonds is 1. The SMILES string of the molecule is CNCC#Cc1ccc(F)c(C(F)(F)F)c1. The van der Waals surface area contributed by atoms with Crippen LogP contribution in [0, 0.1) is 17.7 Å². The van der Waals surface area contributed by atoms with Gasteiger partial charge in [0.1, 0.15) is 5.82 Å². The van der Waals surface area contributed by atoms with Gasteiger partial charge in [-0.1, -0.05) is 11.8 Å². The van der Waals surface area contributed by atoms with Crippen molar-refractivity contribution in [3.05, 3.63) is 35.1 Å². The average molecular weight is 231 g/mol. The van der Waals surface area contributed by atoms with Crippen LogP contribution in [0.25, 0.3) is 0 Å². The third-order valence-electron chi connectivity index (χ3n) is 1.77. The number of hydrogen-bond donors (Lipinski definition) is 1. The van der Waals surface area contributed by atoms with Crippen LogP contribution in [0.2, 0.25) is 0 Å². The second-order valence-electron chi connectivity index (χ2n) is 3.02. The molecule has 0 aliphatic carbocycles. The first-order valence-electron chi connectivity index (χ1n) is 4.45. The topological polar surface area (TPSA) is 12.0 Å². The summed E-state index contributed by atoms with van der Waals surface area (Å²) in [4.78, 5) is 0. The van der Waals surface area contributed by atoms with Crippen LogP contribution in [0.5, 0.6) is 0 Å². The first kappa shape index (κ1) is 12.5. The van der Waals surface area contributed by atoms with Gasteiger partial charge in [-0.15, -0.1) is 0 Å². The Bertz CT molecular complexity index is 426. The zero-order chi connectivity index (χ0) is 12.2. The van der Waals surface area contributed by atoms with Crippen LogP contribution in [0.4, 0.5) is 17.6 Å². The summed E-state index contributed by atoms with van der Waals surface area (Å²) in [5, 5.41) is 2.72. The zero-order valence-corrected chi connectivity index (χ0v) is 8.45. The van der Waals surface area contributed by atoms with Crippen LogP contribution in [0.15, 0.2) is 18.2 Å². The number of halogens is 4. The highest BCUT2D eigenvalue weighted by molar-refractivity contribution is 5.38. The Labute approximate surface area is 90.5 Å². The summed E-state index contributed by atoms with van der Waals surface area (Å²) in [6.07, 6.45) is -4.69. The molecule has 1 aromatic rings. The van der Waals surface area contributed by atoms with E-state index >= 15 is 0 Å². The summed E-state index contributed by atoms with van der Waals surface area (Å²) in [5.74, 6) is 3.82. The van der Waals surface area contributed by atoms with Gasteiger partial charge in [-0.25, -0.2) is 4.39 Å². The lowest BCUT2D eigenvalue weighted by atomic mass is 10.1. The summed E-state index contributed by atoms with van der Waals surface area (Å²) in [5.41, 5.74) is -1.15. The fraction of sp³-hybridized carbons (Fsp3) is 0.273. The molecule has 0 aromatic heterocycles. The lowest BCUT2D eigenvalue weighted by Crippen LogP contribution is -2.08. The molecule has 0 saturated carbocycles. The minimum Gasteiger partial charge on any atom is -0.309 e. The normalized spacial score (nSPS) is 10.8. The molecule has 0 saturated heterocycles. The Morgan fingerprint density at radius 2 is 2.00 bits per heavy atom. The van der Waals surface area contributed by atoms with E-state index in [4.69, 9.17) is 0 Å². The summed E-state index contributed by atoms with van der Waals surface area (Å²) >= 11 is 0. The molecule has 1 nitrogen and oxygen atoms in total. The van der Waals surface area contributed by atoms with E-state index in [1.54, 1.807) is 7.05 Å². The van der Waals surface area contributed by atoms with Crippen LogP contribution in [0.1, 0.15) is 11.1 Å². The lowest BCUT2D eigenvalue weighted by molar-refractivity contribution is -0.140. The summed E-state index contributed by atoms with van der Waals surface area (Å²) < 4.78 is 49.8. The molecule has 0 bridgehead atoms. The Kier molecular flexibility index (Phi) is 3.91. The predicted molar refractivity (Wildman–Crippen MR) is 52.2 cm³/mol.